The van der Waals surface area contributed by atoms with Gasteiger partial charge in [-0.25, -0.2) is 0 Å². The Morgan fingerprint density at radius 2 is 2.28 bits per heavy atom. The lowest BCUT2D eigenvalue weighted by Crippen LogP contribution is -2.25. The summed E-state index contributed by atoms with van der Waals surface area (Å²) < 4.78 is 5.31. The summed E-state index contributed by atoms with van der Waals surface area (Å²) in [5.74, 6) is 0.513. The standard InChI is InChI=1S/C12H19N3O2S/c1-4-15(2)12-9(17-3)8(13)10(18-12)11(16)14-7-5-6-7/h7H,4-6,13H2,1-3H3,(H,14,16). The van der Waals surface area contributed by atoms with Gasteiger partial charge in [0.1, 0.15) is 15.6 Å². The highest BCUT2D eigenvalue weighted by Crippen LogP contribution is 2.44. The molecule has 0 unspecified atom stereocenters. The minimum absolute atomic E-state index is 0.0888. The van der Waals surface area contributed by atoms with E-state index in [1.54, 1.807) is 7.11 Å². The van der Waals surface area contributed by atoms with E-state index in [-0.39, 0.29) is 5.91 Å². The number of hydrogen-bond acceptors (Lipinski definition) is 5. The second kappa shape index (κ2) is 5.06. The Bertz CT molecular complexity index is 454. The fraction of sp³-hybridized carbons (Fsp3) is 0.583. The van der Waals surface area contributed by atoms with Crippen LogP contribution < -0.4 is 20.7 Å². The number of nitrogens with one attached hydrogen (secondary N) is 1. The maximum Gasteiger partial charge on any atom is 0.263 e. The number of methoxy groups -OCH3 is 1. The van der Waals surface area contributed by atoms with Crippen molar-refractivity contribution in [3.63, 3.8) is 0 Å². The molecule has 1 aliphatic carbocycles. The van der Waals surface area contributed by atoms with Crippen LogP contribution in [0.25, 0.3) is 0 Å². The molecule has 1 amide bonds. The molecular weight excluding hydrogens is 250 g/mol. The largest absolute Gasteiger partial charge is 0.492 e. The monoisotopic (exact) mass is 269 g/mol. The first kappa shape index (κ1) is 13.0. The number of amides is 1. The zero-order valence-electron chi connectivity index (χ0n) is 10.9. The van der Waals surface area contributed by atoms with Gasteiger partial charge in [0.15, 0.2) is 5.75 Å². The summed E-state index contributed by atoms with van der Waals surface area (Å²) in [6, 6.07) is 0.331. The maximum absolute atomic E-state index is 12.1. The Morgan fingerprint density at radius 3 is 2.78 bits per heavy atom. The van der Waals surface area contributed by atoms with Gasteiger partial charge in [-0.2, -0.15) is 0 Å². The first-order valence-electron chi connectivity index (χ1n) is 6.06. The van der Waals surface area contributed by atoms with Crippen LogP contribution >= 0.6 is 11.3 Å². The van der Waals surface area contributed by atoms with Gasteiger partial charge in [-0.3, -0.25) is 4.79 Å². The number of carbonyl (C=O) groups is 1. The van der Waals surface area contributed by atoms with Gasteiger partial charge in [-0.1, -0.05) is 0 Å². The van der Waals surface area contributed by atoms with Gasteiger partial charge >= 0.3 is 0 Å². The van der Waals surface area contributed by atoms with Crippen molar-refractivity contribution in [3.8, 4) is 5.75 Å². The van der Waals surface area contributed by atoms with Crippen LogP contribution in [-0.4, -0.2) is 32.7 Å². The van der Waals surface area contributed by atoms with E-state index < -0.39 is 0 Å². The molecule has 2 rings (SSSR count). The van der Waals surface area contributed by atoms with Crippen molar-refractivity contribution in [2.75, 3.05) is 31.3 Å². The SMILES string of the molecule is CCN(C)c1sc(C(=O)NC2CC2)c(N)c1OC. The van der Waals surface area contributed by atoms with Crippen LogP contribution in [0, 0.1) is 0 Å². The van der Waals surface area contributed by atoms with E-state index in [1.807, 2.05) is 18.9 Å². The molecule has 1 aromatic rings. The summed E-state index contributed by atoms with van der Waals surface area (Å²) in [4.78, 5) is 14.6. The lowest BCUT2D eigenvalue weighted by Gasteiger charge is -2.15. The third-order valence-corrected chi connectivity index (χ3v) is 4.33. The summed E-state index contributed by atoms with van der Waals surface area (Å²) >= 11 is 1.39. The predicted octanol–water partition coefficient (Wildman–Crippen LogP) is 1.69. The third kappa shape index (κ3) is 2.38. The number of nitrogens with zero attached hydrogens (tertiary/aromatic N) is 1. The van der Waals surface area contributed by atoms with Crippen molar-refractivity contribution in [3.05, 3.63) is 4.88 Å². The lowest BCUT2D eigenvalue weighted by atomic mass is 10.3. The molecule has 0 bridgehead atoms. The molecule has 5 nitrogen and oxygen atoms in total. The Balaban J connectivity index is 2.29. The first-order valence-corrected chi connectivity index (χ1v) is 6.88. The van der Waals surface area contributed by atoms with E-state index in [4.69, 9.17) is 10.5 Å². The third-order valence-electron chi connectivity index (χ3n) is 3.03. The number of nitrogens with two attached hydrogens (primary N) is 1. The molecule has 18 heavy (non-hydrogen) atoms. The Labute approximate surface area is 111 Å². The van der Waals surface area contributed by atoms with Crippen LogP contribution in [0.5, 0.6) is 5.75 Å². The average molecular weight is 269 g/mol. The highest BCUT2D eigenvalue weighted by molar-refractivity contribution is 7.19. The molecule has 1 aromatic heterocycles. The molecule has 1 aliphatic rings. The van der Waals surface area contributed by atoms with Gasteiger partial charge in [-0.05, 0) is 19.8 Å². The van der Waals surface area contributed by atoms with Crippen LogP contribution in [-0.2, 0) is 0 Å². The number of anilines is 2. The summed E-state index contributed by atoms with van der Waals surface area (Å²) in [5.41, 5.74) is 6.44. The Kier molecular flexibility index (Phi) is 3.65. The number of rotatable bonds is 5. The summed E-state index contributed by atoms with van der Waals surface area (Å²) in [7, 11) is 3.53. The summed E-state index contributed by atoms with van der Waals surface area (Å²) in [6.07, 6.45) is 2.13. The predicted molar refractivity (Wildman–Crippen MR) is 74.7 cm³/mol. The highest BCUT2D eigenvalue weighted by atomic mass is 32.1. The molecule has 100 valence electrons. The van der Waals surface area contributed by atoms with E-state index in [0.717, 1.165) is 24.4 Å². The highest BCUT2D eigenvalue weighted by Gasteiger charge is 2.28. The fourth-order valence-electron chi connectivity index (χ4n) is 1.66. The minimum atomic E-state index is -0.0888. The van der Waals surface area contributed by atoms with E-state index in [2.05, 4.69) is 5.32 Å². The quantitative estimate of drug-likeness (QED) is 0.853. The van der Waals surface area contributed by atoms with Gasteiger partial charge in [-0.15, -0.1) is 11.3 Å². The number of hydrogen-bond donors (Lipinski definition) is 2. The van der Waals surface area contributed by atoms with Gasteiger partial charge in [0, 0.05) is 19.6 Å². The van der Waals surface area contributed by atoms with Crippen LogP contribution in [0.3, 0.4) is 0 Å². The number of carbonyl (C=O) groups excluding carboxylic acids is 1. The fourth-order valence-corrected chi connectivity index (χ4v) is 2.77. The smallest absolute Gasteiger partial charge is 0.263 e. The normalized spacial score (nSPS) is 14.4. The molecule has 1 saturated carbocycles. The van der Waals surface area contributed by atoms with Crippen LogP contribution in [0.15, 0.2) is 0 Å². The Hall–Kier alpha value is -1.43. The number of nitrogen functional groups attached to an aromatic ring is 1. The second-order valence-corrected chi connectivity index (χ2v) is 5.44. The summed E-state index contributed by atoms with van der Waals surface area (Å²) in [6.45, 7) is 2.87. The first-order chi connectivity index (χ1) is 8.58. The molecule has 0 atom stereocenters. The zero-order chi connectivity index (χ0) is 13.3. The average Bonchev–Trinajstić information content (AvgIpc) is 3.10. The molecule has 0 aliphatic heterocycles. The lowest BCUT2D eigenvalue weighted by molar-refractivity contribution is 0.0956. The van der Waals surface area contributed by atoms with E-state index in [1.165, 1.54) is 11.3 Å². The van der Waals surface area contributed by atoms with Crippen molar-refractivity contribution in [2.24, 2.45) is 0 Å². The van der Waals surface area contributed by atoms with Crippen LogP contribution in [0.4, 0.5) is 10.7 Å². The molecule has 0 radical (unpaired) electrons. The van der Waals surface area contributed by atoms with Crippen LogP contribution in [0.2, 0.25) is 0 Å². The zero-order valence-corrected chi connectivity index (χ0v) is 11.8. The molecule has 0 spiro atoms. The number of thiophene rings is 1. The van der Waals surface area contributed by atoms with Crippen molar-refractivity contribution in [1.82, 2.24) is 5.32 Å². The molecule has 6 heteroatoms. The van der Waals surface area contributed by atoms with Gasteiger partial charge in [0.2, 0.25) is 0 Å². The molecule has 0 saturated heterocycles. The molecule has 0 aromatic carbocycles. The van der Waals surface area contributed by atoms with Crippen molar-refractivity contribution >= 4 is 27.9 Å². The van der Waals surface area contributed by atoms with Crippen molar-refractivity contribution in [1.29, 1.82) is 0 Å². The van der Waals surface area contributed by atoms with Crippen molar-refractivity contribution < 1.29 is 9.53 Å². The summed E-state index contributed by atoms with van der Waals surface area (Å²) in [5, 5.41) is 3.85. The van der Waals surface area contributed by atoms with Gasteiger partial charge in [0.25, 0.3) is 5.91 Å². The van der Waals surface area contributed by atoms with E-state index in [9.17, 15) is 4.79 Å². The van der Waals surface area contributed by atoms with Gasteiger partial charge < -0.3 is 20.7 Å². The molecular formula is C12H19N3O2S. The van der Waals surface area contributed by atoms with E-state index in [0.29, 0.717) is 22.4 Å². The minimum Gasteiger partial charge on any atom is -0.492 e. The molecule has 1 heterocycles. The second-order valence-electron chi connectivity index (χ2n) is 4.45. The number of ether oxygens (including phenoxy) is 1. The van der Waals surface area contributed by atoms with E-state index >= 15 is 0 Å². The van der Waals surface area contributed by atoms with Crippen molar-refractivity contribution in [2.45, 2.75) is 25.8 Å². The van der Waals surface area contributed by atoms with Gasteiger partial charge in [0.05, 0.1) is 7.11 Å². The Morgan fingerprint density at radius 1 is 1.61 bits per heavy atom. The molecule has 1 fully saturated rings. The molecule has 3 N–H and O–H groups in total. The maximum atomic E-state index is 12.1. The van der Waals surface area contributed by atoms with Crippen LogP contribution in [0.1, 0.15) is 29.4 Å². The topological polar surface area (TPSA) is 67.6 Å².